The minimum absolute atomic E-state index is 0.371. The summed E-state index contributed by atoms with van der Waals surface area (Å²) < 4.78 is 0. The Labute approximate surface area is 168 Å². The molecule has 0 aliphatic heterocycles. The van der Waals surface area contributed by atoms with Crippen molar-refractivity contribution in [1.29, 1.82) is 0 Å². The lowest BCUT2D eigenvalue weighted by Gasteiger charge is -2.10. The normalized spacial score (nSPS) is 18.6. The van der Waals surface area contributed by atoms with Crippen LogP contribution < -0.4 is 0 Å². The average Bonchev–Trinajstić information content (AvgIpc) is 3.57. The molecule has 0 bridgehead atoms. The second-order valence-electron chi connectivity index (χ2n) is 9.11. The first kappa shape index (κ1) is 20.9. The molecule has 2 N–H and O–H groups in total. The van der Waals surface area contributed by atoms with Crippen LogP contribution in [0.2, 0.25) is 0 Å². The number of hydrogen-bond donors (Lipinski definition) is 2. The summed E-state index contributed by atoms with van der Waals surface area (Å²) in [7, 11) is 0. The fraction of sp³-hybridized carbons (Fsp3) is 0.667. The molecule has 0 atom stereocenters. The van der Waals surface area contributed by atoms with E-state index >= 15 is 0 Å². The van der Waals surface area contributed by atoms with Gasteiger partial charge in [-0.1, -0.05) is 49.9 Å². The molecule has 0 saturated heterocycles. The van der Waals surface area contributed by atoms with E-state index in [0.717, 1.165) is 89.9 Å². The Hall–Kier alpha value is -1.84. The van der Waals surface area contributed by atoms with Gasteiger partial charge in [0.15, 0.2) is 0 Å². The lowest BCUT2D eigenvalue weighted by atomic mass is 9.96. The highest BCUT2D eigenvalue weighted by Crippen LogP contribution is 2.50. The molecule has 28 heavy (non-hydrogen) atoms. The van der Waals surface area contributed by atoms with E-state index in [-0.39, 0.29) is 10.8 Å². The summed E-state index contributed by atoms with van der Waals surface area (Å²) in [5.74, 6) is -1.20. The molecule has 4 nitrogen and oxygen atoms in total. The molecule has 0 aromatic heterocycles. The summed E-state index contributed by atoms with van der Waals surface area (Å²) >= 11 is 0. The fourth-order valence-electron chi connectivity index (χ4n) is 4.32. The molecule has 1 aromatic carbocycles. The van der Waals surface area contributed by atoms with Crippen molar-refractivity contribution in [3.63, 3.8) is 0 Å². The van der Waals surface area contributed by atoms with Crippen molar-refractivity contribution >= 4 is 11.9 Å². The van der Waals surface area contributed by atoms with Crippen LogP contribution in [0.5, 0.6) is 0 Å². The summed E-state index contributed by atoms with van der Waals surface area (Å²) in [5.41, 5.74) is 2.01. The Kier molecular flexibility index (Phi) is 6.79. The van der Waals surface area contributed by atoms with Gasteiger partial charge in [0, 0.05) is 0 Å². The molecule has 0 radical (unpaired) electrons. The van der Waals surface area contributed by atoms with Gasteiger partial charge in [0.05, 0.1) is 10.8 Å². The number of unbranched alkanes of at least 4 members (excludes halogenated alkanes) is 4. The van der Waals surface area contributed by atoms with E-state index in [1.165, 1.54) is 11.1 Å². The van der Waals surface area contributed by atoms with E-state index in [2.05, 4.69) is 24.3 Å². The molecular weight excluding hydrogens is 352 g/mol. The maximum Gasteiger partial charge on any atom is 0.309 e. The van der Waals surface area contributed by atoms with E-state index in [9.17, 15) is 19.8 Å². The van der Waals surface area contributed by atoms with Crippen LogP contribution in [0.1, 0.15) is 88.2 Å². The number of hydrogen-bond acceptors (Lipinski definition) is 2. The zero-order valence-corrected chi connectivity index (χ0v) is 16.9. The predicted octanol–water partition coefficient (Wildman–Crippen LogP) is 5.62. The Bertz CT molecular complexity index is 630. The zero-order valence-electron chi connectivity index (χ0n) is 16.9. The van der Waals surface area contributed by atoms with Gasteiger partial charge in [-0.05, 0) is 75.3 Å². The molecule has 0 unspecified atom stereocenters. The lowest BCUT2D eigenvalue weighted by molar-refractivity contribution is -0.144. The molecule has 0 spiro atoms. The first-order valence-corrected chi connectivity index (χ1v) is 11.0. The molecule has 0 heterocycles. The summed E-state index contributed by atoms with van der Waals surface area (Å²) in [5, 5.41) is 18.4. The molecule has 2 saturated carbocycles. The third-order valence-electron chi connectivity index (χ3n) is 6.85. The van der Waals surface area contributed by atoms with Crippen LogP contribution in [-0.2, 0) is 22.4 Å². The molecule has 2 fully saturated rings. The smallest absolute Gasteiger partial charge is 0.309 e. The SMILES string of the molecule is O=C(O)C1(CCCCCc2cccc(CCCCCC3(C(=O)O)CC3)c2)CC1. The van der Waals surface area contributed by atoms with Crippen molar-refractivity contribution in [2.75, 3.05) is 0 Å². The van der Waals surface area contributed by atoms with Crippen molar-refractivity contribution in [2.45, 2.75) is 89.9 Å². The second-order valence-corrected chi connectivity index (χ2v) is 9.11. The second kappa shape index (κ2) is 9.11. The lowest BCUT2D eigenvalue weighted by Crippen LogP contribution is -2.14. The van der Waals surface area contributed by atoms with E-state index in [0.29, 0.717) is 0 Å². The van der Waals surface area contributed by atoms with Crippen LogP contribution >= 0.6 is 0 Å². The number of benzene rings is 1. The van der Waals surface area contributed by atoms with Crippen LogP contribution in [0.3, 0.4) is 0 Å². The highest BCUT2D eigenvalue weighted by atomic mass is 16.4. The number of carboxylic acids is 2. The van der Waals surface area contributed by atoms with Gasteiger partial charge < -0.3 is 10.2 Å². The van der Waals surface area contributed by atoms with Crippen LogP contribution in [-0.4, -0.2) is 22.2 Å². The monoisotopic (exact) mass is 386 g/mol. The molecule has 1 aromatic rings. The van der Waals surface area contributed by atoms with Gasteiger partial charge >= 0.3 is 11.9 Å². The standard InChI is InChI=1S/C24H34O4/c25-21(26)23(14-15-23)12-5-1-3-8-19-10-7-11-20(18-19)9-4-2-6-13-24(16-17-24)22(27)28/h7,10-11,18H,1-6,8-9,12-17H2,(H,25,26)(H,27,28). The van der Waals surface area contributed by atoms with Crippen molar-refractivity contribution in [3.05, 3.63) is 35.4 Å². The van der Waals surface area contributed by atoms with Crippen molar-refractivity contribution in [3.8, 4) is 0 Å². The molecule has 4 heteroatoms. The molecule has 0 amide bonds. The van der Waals surface area contributed by atoms with Crippen molar-refractivity contribution in [1.82, 2.24) is 0 Å². The van der Waals surface area contributed by atoms with Gasteiger partial charge in [-0.25, -0.2) is 0 Å². The topological polar surface area (TPSA) is 74.6 Å². The quantitative estimate of drug-likeness (QED) is 0.407. The third-order valence-corrected chi connectivity index (χ3v) is 6.85. The summed E-state index contributed by atoms with van der Waals surface area (Å²) in [6, 6.07) is 8.82. The zero-order chi connectivity index (χ0) is 20.0. The van der Waals surface area contributed by atoms with Gasteiger partial charge in [-0.3, -0.25) is 9.59 Å². The highest BCUT2D eigenvalue weighted by molar-refractivity contribution is 5.78. The molecule has 2 aliphatic rings. The molecule has 154 valence electrons. The Balaban J connectivity index is 1.28. The van der Waals surface area contributed by atoms with Gasteiger partial charge in [0.25, 0.3) is 0 Å². The van der Waals surface area contributed by atoms with Gasteiger partial charge in [0.1, 0.15) is 0 Å². The maximum absolute atomic E-state index is 11.2. The summed E-state index contributed by atoms with van der Waals surface area (Å²) in [6.07, 6.45) is 13.7. The van der Waals surface area contributed by atoms with Gasteiger partial charge in [0.2, 0.25) is 0 Å². The van der Waals surface area contributed by atoms with Crippen molar-refractivity contribution in [2.24, 2.45) is 10.8 Å². The average molecular weight is 387 g/mol. The predicted molar refractivity (Wildman–Crippen MR) is 109 cm³/mol. The third kappa shape index (κ3) is 5.59. The number of carboxylic acid groups (broad SMARTS) is 2. The number of carbonyl (C=O) groups is 2. The molecular formula is C24H34O4. The van der Waals surface area contributed by atoms with Gasteiger partial charge in [-0.15, -0.1) is 0 Å². The molecule has 2 aliphatic carbocycles. The van der Waals surface area contributed by atoms with E-state index < -0.39 is 11.9 Å². The fourth-order valence-corrected chi connectivity index (χ4v) is 4.32. The van der Waals surface area contributed by atoms with E-state index in [1.54, 1.807) is 0 Å². The van der Waals surface area contributed by atoms with Crippen LogP contribution in [0.25, 0.3) is 0 Å². The minimum Gasteiger partial charge on any atom is -0.481 e. The molecule has 3 rings (SSSR count). The van der Waals surface area contributed by atoms with Crippen LogP contribution in [0.4, 0.5) is 0 Å². The van der Waals surface area contributed by atoms with Crippen LogP contribution in [0, 0.1) is 10.8 Å². The summed E-state index contributed by atoms with van der Waals surface area (Å²) in [4.78, 5) is 22.4. The van der Waals surface area contributed by atoms with Gasteiger partial charge in [-0.2, -0.15) is 0 Å². The van der Waals surface area contributed by atoms with Crippen molar-refractivity contribution < 1.29 is 19.8 Å². The number of rotatable bonds is 14. The Morgan fingerprint density at radius 1 is 0.714 bits per heavy atom. The largest absolute Gasteiger partial charge is 0.481 e. The van der Waals surface area contributed by atoms with E-state index in [1.807, 2.05) is 0 Å². The first-order valence-electron chi connectivity index (χ1n) is 11.0. The Morgan fingerprint density at radius 2 is 1.14 bits per heavy atom. The Morgan fingerprint density at radius 3 is 1.50 bits per heavy atom. The maximum atomic E-state index is 11.2. The first-order chi connectivity index (χ1) is 13.5. The number of aryl methyl sites for hydroxylation is 2. The number of aliphatic carboxylic acids is 2. The minimum atomic E-state index is -0.601. The van der Waals surface area contributed by atoms with Crippen LogP contribution in [0.15, 0.2) is 24.3 Å². The highest BCUT2D eigenvalue weighted by Gasteiger charge is 2.49. The summed E-state index contributed by atoms with van der Waals surface area (Å²) in [6.45, 7) is 0. The van der Waals surface area contributed by atoms with E-state index in [4.69, 9.17) is 0 Å².